The summed E-state index contributed by atoms with van der Waals surface area (Å²) in [6.45, 7) is 0. The molecule has 1 atom stereocenters. The minimum absolute atomic E-state index is 0.0985. The lowest BCUT2D eigenvalue weighted by molar-refractivity contribution is -0.131. The highest BCUT2D eigenvalue weighted by Gasteiger charge is 2.16. The number of nitrogens with one attached hydrogen (secondary N) is 1. The quantitative estimate of drug-likeness (QED) is 0.435. The van der Waals surface area contributed by atoms with Gasteiger partial charge in [-0.05, 0) is 18.2 Å². The van der Waals surface area contributed by atoms with Crippen molar-refractivity contribution < 1.29 is 24.6 Å². The number of benzene rings is 1. The summed E-state index contributed by atoms with van der Waals surface area (Å²) in [7, 11) is 0. The predicted octanol–water partition coefficient (Wildman–Crippen LogP) is 0.460. The molecule has 15 heavy (non-hydrogen) atoms. The predicted molar refractivity (Wildman–Crippen MR) is 47.6 cm³/mol. The van der Waals surface area contributed by atoms with Gasteiger partial charge < -0.3 is 10.2 Å². The molecule has 0 aliphatic rings. The van der Waals surface area contributed by atoms with Gasteiger partial charge >= 0.3 is 0 Å². The number of amides is 1. The van der Waals surface area contributed by atoms with Crippen LogP contribution in [0.4, 0.5) is 4.39 Å². The summed E-state index contributed by atoms with van der Waals surface area (Å²) in [5, 5.41) is 26.9. The Balaban J connectivity index is 2.85. The molecule has 6 heteroatoms. The standard InChI is InChI=1S/C9H10FNO4/c10-5-1-2-7(12)6(3-5)8(13)4-9(14)11-15/h1-3,8,12-13,15H,4H2,(H,11,14). The van der Waals surface area contributed by atoms with Crippen molar-refractivity contribution in [2.45, 2.75) is 12.5 Å². The van der Waals surface area contributed by atoms with Gasteiger partial charge in [0.15, 0.2) is 0 Å². The van der Waals surface area contributed by atoms with E-state index in [0.717, 1.165) is 18.2 Å². The van der Waals surface area contributed by atoms with E-state index in [-0.39, 0.29) is 11.3 Å². The van der Waals surface area contributed by atoms with Crippen LogP contribution in [0, 0.1) is 5.82 Å². The second-order valence-corrected chi connectivity index (χ2v) is 2.96. The molecule has 1 rings (SSSR count). The van der Waals surface area contributed by atoms with Crippen LogP contribution in [0.15, 0.2) is 18.2 Å². The zero-order valence-corrected chi connectivity index (χ0v) is 7.64. The highest BCUT2D eigenvalue weighted by molar-refractivity contribution is 5.75. The Labute approximate surface area is 84.7 Å². The first-order chi connectivity index (χ1) is 7.04. The molecule has 0 aromatic heterocycles. The van der Waals surface area contributed by atoms with E-state index in [0.29, 0.717) is 0 Å². The lowest BCUT2D eigenvalue weighted by atomic mass is 10.1. The van der Waals surface area contributed by atoms with Gasteiger partial charge in [-0.3, -0.25) is 10.0 Å². The topological polar surface area (TPSA) is 89.8 Å². The first-order valence-electron chi connectivity index (χ1n) is 4.14. The summed E-state index contributed by atoms with van der Waals surface area (Å²) in [6, 6.07) is 3.02. The summed E-state index contributed by atoms with van der Waals surface area (Å²) in [5.41, 5.74) is 1.23. The molecule has 0 aliphatic heterocycles. The fraction of sp³-hybridized carbons (Fsp3) is 0.222. The summed E-state index contributed by atoms with van der Waals surface area (Å²) < 4.78 is 12.8. The molecule has 1 amide bonds. The number of aliphatic hydroxyl groups excluding tert-OH is 1. The van der Waals surface area contributed by atoms with Crippen molar-refractivity contribution in [3.05, 3.63) is 29.6 Å². The molecule has 0 heterocycles. The van der Waals surface area contributed by atoms with Crippen LogP contribution in [0.25, 0.3) is 0 Å². The fourth-order valence-electron chi connectivity index (χ4n) is 1.12. The zero-order valence-electron chi connectivity index (χ0n) is 7.64. The number of phenols is 1. The molecule has 1 aromatic carbocycles. The fourth-order valence-corrected chi connectivity index (χ4v) is 1.12. The number of hydrogen-bond acceptors (Lipinski definition) is 4. The maximum Gasteiger partial charge on any atom is 0.246 e. The van der Waals surface area contributed by atoms with E-state index in [2.05, 4.69) is 0 Å². The molecule has 0 aliphatic carbocycles. The lowest BCUT2D eigenvalue weighted by Crippen LogP contribution is -2.21. The number of hydroxylamine groups is 1. The van der Waals surface area contributed by atoms with Crippen molar-refractivity contribution in [2.75, 3.05) is 0 Å². The number of carbonyl (C=O) groups excluding carboxylic acids is 1. The minimum Gasteiger partial charge on any atom is -0.508 e. The third-order valence-corrected chi connectivity index (χ3v) is 1.85. The molecule has 0 fully saturated rings. The van der Waals surface area contributed by atoms with Gasteiger partial charge in [0.05, 0.1) is 12.5 Å². The number of phenolic OH excluding ortho intramolecular Hbond substituents is 1. The van der Waals surface area contributed by atoms with Gasteiger partial charge in [0.25, 0.3) is 0 Å². The van der Waals surface area contributed by atoms with Crippen LogP contribution >= 0.6 is 0 Å². The van der Waals surface area contributed by atoms with Crippen LogP contribution in [-0.4, -0.2) is 21.3 Å². The second kappa shape index (κ2) is 4.72. The van der Waals surface area contributed by atoms with Crippen molar-refractivity contribution in [1.29, 1.82) is 0 Å². The van der Waals surface area contributed by atoms with Crippen molar-refractivity contribution in [3.63, 3.8) is 0 Å². The number of halogens is 1. The van der Waals surface area contributed by atoms with Crippen LogP contribution in [0.3, 0.4) is 0 Å². The monoisotopic (exact) mass is 215 g/mol. The van der Waals surface area contributed by atoms with Crippen molar-refractivity contribution in [3.8, 4) is 5.75 Å². The molecule has 0 spiro atoms. The van der Waals surface area contributed by atoms with E-state index < -0.39 is 24.2 Å². The molecule has 0 bridgehead atoms. The van der Waals surface area contributed by atoms with Gasteiger partial charge in [-0.15, -0.1) is 0 Å². The summed E-state index contributed by atoms with van der Waals surface area (Å²) in [4.78, 5) is 10.7. The van der Waals surface area contributed by atoms with Crippen LogP contribution in [0.5, 0.6) is 5.75 Å². The Morgan fingerprint density at radius 1 is 1.53 bits per heavy atom. The highest BCUT2D eigenvalue weighted by Crippen LogP contribution is 2.26. The van der Waals surface area contributed by atoms with Gasteiger partial charge in [0.1, 0.15) is 11.6 Å². The number of aliphatic hydroxyl groups is 1. The molecule has 0 saturated carbocycles. The highest BCUT2D eigenvalue weighted by atomic mass is 19.1. The maximum atomic E-state index is 12.8. The number of aromatic hydroxyl groups is 1. The van der Waals surface area contributed by atoms with Crippen LogP contribution in [-0.2, 0) is 4.79 Å². The Morgan fingerprint density at radius 3 is 2.80 bits per heavy atom. The SMILES string of the molecule is O=C(CC(O)c1cc(F)ccc1O)NO. The van der Waals surface area contributed by atoms with E-state index >= 15 is 0 Å². The number of carbonyl (C=O) groups is 1. The van der Waals surface area contributed by atoms with Gasteiger partial charge in [-0.2, -0.15) is 0 Å². The van der Waals surface area contributed by atoms with Crippen molar-refractivity contribution in [1.82, 2.24) is 5.48 Å². The average molecular weight is 215 g/mol. The Kier molecular flexibility index (Phi) is 3.59. The summed E-state index contributed by atoms with van der Waals surface area (Å²) in [5.74, 6) is -1.77. The molecule has 82 valence electrons. The zero-order chi connectivity index (χ0) is 11.4. The van der Waals surface area contributed by atoms with Crippen LogP contribution in [0.2, 0.25) is 0 Å². The summed E-state index contributed by atoms with van der Waals surface area (Å²) in [6.07, 6.45) is -1.83. The Morgan fingerprint density at radius 2 is 2.20 bits per heavy atom. The van der Waals surface area contributed by atoms with Gasteiger partial charge in [0, 0.05) is 5.56 Å². The molecule has 0 radical (unpaired) electrons. The first kappa shape index (κ1) is 11.4. The smallest absolute Gasteiger partial charge is 0.246 e. The first-order valence-corrected chi connectivity index (χ1v) is 4.14. The van der Waals surface area contributed by atoms with E-state index in [1.807, 2.05) is 0 Å². The van der Waals surface area contributed by atoms with Crippen LogP contribution in [0.1, 0.15) is 18.1 Å². The molecule has 0 saturated heterocycles. The average Bonchev–Trinajstić information content (AvgIpc) is 2.21. The van der Waals surface area contributed by atoms with E-state index in [1.165, 1.54) is 5.48 Å². The van der Waals surface area contributed by atoms with Crippen molar-refractivity contribution in [2.24, 2.45) is 0 Å². The van der Waals surface area contributed by atoms with E-state index in [9.17, 15) is 19.4 Å². The molecular formula is C9H10FNO4. The molecule has 4 N–H and O–H groups in total. The minimum atomic E-state index is -1.37. The summed E-state index contributed by atoms with van der Waals surface area (Å²) >= 11 is 0. The Hall–Kier alpha value is -1.66. The largest absolute Gasteiger partial charge is 0.508 e. The van der Waals surface area contributed by atoms with E-state index in [4.69, 9.17) is 5.21 Å². The van der Waals surface area contributed by atoms with Crippen LogP contribution < -0.4 is 5.48 Å². The Bertz CT molecular complexity index is 369. The molecule has 1 aromatic rings. The molecule has 5 nitrogen and oxygen atoms in total. The number of hydrogen-bond donors (Lipinski definition) is 4. The molecular weight excluding hydrogens is 205 g/mol. The normalized spacial score (nSPS) is 12.2. The van der Waals surface area contributed by atoms with Gasteiger partial charge in [0.2, 0.25) is 5.91 Å². The third-order valence-electron chi connectivity index (χ3n) is 1.85. The second-order valence-electron chi connectivity index (χ2n) is 2.96. The maximum absolute atomic E-state index is 12.8. The molecule has 1 unspecified atom stereocenters. The van der Waals surface area contributed by atoms with Crippen molar-refractivity contribution >= 4 is 5.91 Å². The lowest BCUT2D eigenvalue weighted by Gasteiger charge is -2.11. The third kappa shape index (κ3) is 2.90. The van der Waals surface area contributed by atoms with Gasteiger partial charge in [-0.25, -0.2) is 9.87 Å². The van der Waals surface area contributed by atoms with E-state index in [1.54, 1.807) is 0 Å². The number of rotatable bonds is 3. The van der Waals surface area contributed by atoms with Gasteiger partial charge in [-0.1, -0.05) is 0 Å².